The van der Waals surface area contributed by atoms with Gasteiger partial charge < -0.3 is 9.47 Å². The number of hydrogen-bond acceptors (Lipinski definition) is 1. The number of hydrogen-bond donors (Lipinski definition) is 0. The van der Waals surface area contributed by atoms with E-state index in [1.165, 1.54) is 82.8 Å². The Hall–Kier alpha value is -7.94. The van der Waals surface area contributed by atoms with Gasteiger partial charge in [0.25, 0.3) is 0 Å². The van der Waals surface area contributed by atoms with Crippen molar-refractivity contribution in [3.8, 4) is 50.2 Å². The number of anilines is 3. The molecule has 0 unspecified atom stereocenters. The molecular formula is C58H40N2. The zero-order valence-corrected chi connectivity index (χ0v) is 33.0. The summed E-state index contributed by atoms with van der Waals surface area (Å²) in [5.74, 6) is 0. The van der Waals surface area contributed by atoms with E-state index in [9.17, 15) is 0 Å². The molecule has 0 aliphatic carbocycles. The Morgan fingerprint density at radius 3 is 1.33 bits per heavy atom. The lowest BCUT2D eigenvalue weighted by Crippen LogP contribution is -2.09. The lowest BCUT2D eigenvalue weighted by atomic mass is 9.98. The molecule has 1 aromatic heterocycles. The van der Waals surface area contributed by atoms with Crippen LogP contribution in [-0.2, 0) is 0 Å². The van der Waals surface area contributed by atoms with E-state index in [1.54, 1.807) is 0 Å². The number of rotatable bonds is 8. The molecule has 282 valence electrons. The van der Waals surface area contributed by atoms with Gasteiger partial charge in [-0.15, -0.1) is 0 Å². The summed E-state index contributed by atoms with van der Waals surface area (Å²) in [5, 5.41) is 5.01. The van der Waals surface area contributed by atoms with E-state index in [2.05, 4.69) is 252 Å². The van der Waals surface area contributed by atoms with Gasteiger partial charge >= 0.3 is 0 Å². The van der Waals surface area contributed by atoms with Gasteiger partial charge in [0.15, 0.2) is 0 Å². The largest absolute Gasteiger partial charge is 0.311 e. The summed E-state index contributed by atoms with van der Waals surface area (Å²) >= 11 is 0. The van der Waals surface area contributed by atoms with Crippen LogP contribution in [-0.4, -0.2) is 4.57 Å². The van der Waals surface area contributed by atoms with Crippen molar-refractivity contribution in [3.63, 3.8) is 0 Å². The summed E-state index contributed by atoms with van der Waals surface area (Å²) in [6.07, 6.45) is 0. The van der Waals surface area contributed by atoms with Crippen molar-refractivity contribution in [3.05, 3.63) is 243 Å². The molecule has 0 spiro atoms. The van der Waals surface area contributed by atoms with Gasteiger partial charge in [0.05, 0.1) is 11.0 Å². The van der Waals surface area contributed by atoms with Crippen LogP contribution in [0.3, 0.4) is 0 Å². The molecule has 0 N–H and O–H groups in total. The van der Waals surface area contributed by atoms with Crippen molar-refractivity contribution in [1.82, 2.24) is 4.57 Å². The van der Waals surface area contributed by atoms with Crippen LogP contribution in [0.25, 0.3) is 82.8 Å². The first-order chi connectivity index (χ1) is 29.7. The normalized spacial score (nSPS) is 11.3. The first-order valence-electron chi connectivity index (χ1n) is 20.6. The lowest BCUT2D eigenvalue weighted by Gasteiger charge is -2.26. The predicted molar refractivity (Wildman–Crippen MR) is 255 cm³/mol. The molecule has 11 aromatic rings. The Kier molecular flexibility index (Phi) is 8.87. The molecule has 1 heterocycles. The van der Waals surface area contributed by atoms with Gasteiger partial charge in [-0.2, -0.15) is 0 Å². The molecule has 60 heavy (non-hydrogen) atoms. The summed E-state index contributed by atoms with van der Waals surface area (Å²) in [6, 6.07) is 87.8. The average molecular weight is 765 g/mol. The Balaban J connectivity index is 0.960. The zero-order valence-electron chi connectivity index (χ0n) is 33.0. The summed E-state index contributed by atoms with van der Waals surface area (Å²) in [4.78, 5) is 2.36. The number of fused-ring (bicyclic) bond motifs is 4. The average Bonchev–Trinajstić information content (AvgIpc) is 3.66. The van der Waals surface area contributed by atoms with Crippen LogP contribution in [0.1, 0.15) is 0 Å². The number of benzene rings is 10. The van der Waals surface area contributed by atoms with Gasteiger partial charge in [-0.3, -0.25) is 0 Å². The monoisotopic (exact) mass is 764 g/mol. The Morgan fingerprint density at radius 1 is 0.267 bits per heavy atom. The van der Waals surface area contributed by atoms with Crippen molar-refractivity contribution in [1.29, 1.82) is 0 Å². The maximum Gasteiger partial charge on any atom is 0.0541 e. The molecule has 0 saturated heterocycles. The van der Waals surface area contributed by atoms with Crippen LogP contribution in [0.5, 0.6) is 0 Å². The second-order valence-electron chi connectivity index (χ2n) is 15.4. The van der Waals surface area contributed by atoms with E-state index in [-0.39, 0.29) is 0 Å². The minimum absolute atomic E-state index is 1.10. The van der Waals surface area contributed by atoms with Gasteiger partial charge in [-0.05, 0) is 122 Å². The second kappa shape index (κ2) is 15.1. The van der Waals surface area contributed by atoms with Gasteiger partial charge in [0, 0.05) is 33.5 Å². The second-order valence-corrected chi connectivity index (χ2v) is 15.4. The highest BCUT2D eigenvalue weighted by molar-refractivity contribution is 6.10. The van der Waals surface area contributed by atoms with Crippen LogP contribution >= 0.6 is 0 Å². The van der Waals surface area contributed by atoms with Crippen LogP contribution in [0.15, 0.2) is 243 Å². The fourth-order valence-corrected chi connectivity index (χ4v) is 8.81. The van der Waals surface area contributed by atoms with E-state index < -0.39 is 0 Å². The van der Waals surface area contributed by atoms with E-state index in [1.807, 2.05) is 0 Å². The smallest absolute Gasteiger partial charge is 0.0541 e. The highest BCUT2D eigenvalue weighted by Crippen LogP contribution is 2.40. The van der Waals surface area contributed by atoms with Crippen LogP contribution in [0, 0.1) is 0 Å². The molecule has 0 amide bonds. The third-order valence-electron chi connectivity index (χ3n) is 11.8. The van der Waals surface area contributed by atoms with Gasteiger partial charge in [0.1, 0.15) is 0 Å². The van der Waals surface area contributed by atoms with Crippen molar-refractivity contribution in [2.24, 2.45) is 0 Å². The topological polar surface area (TPSA) is 8.17 Å². The third kappa shape index (κ3) is 6.41. The summed E-state index contributed by atoms with van der Waals surface area (Å²) in [6.45, 7) is 0. The molecule has 0 aliphatic heterocycles. The van der Waals surface area contributed by atoms with Gasteiger partial charge in [-0.1, -0.05) is 176 Å². The minimum atomic E-state index is 1.10. The molecule has 10 aromatic carbocycles. The van der Waals surface area contributed by atoms with Crippen LogP contribution < -0.4 is 4.90 Å². The van der Waals surface area contributed by atoms with E-state index in [4.69, 9.17) is 0 Å². The lowest BCUT2D eigenvalue weighted by molar-refractivity contribution is 1.18. The molecule has 0 bridgehead atoms. The number of para-hydroxylation sites is 2. The van der Waals surface area contributed by atoms with Gasteiger partial charge in [-0.25, -0.2) is 0 Å². The molecule has 0 atom stereocenters. The van der Waals surface area contributed by atoms with E-state index in [0.29, 0.717) is 0 Å². The highest BCUT2D eigenvalue weighted by atomic mass is 15.1. The standard InChI is InChI=1S/C58H40N2/c1-3-12-41(13-4-1)42-22-24-43(25-23-42)44-26-33-50(34-27-44)59(52-37-30-47(31-38-52)54-20-11-15-46-14-7-8-18-53(46)54)51-35-28-45(29-36-51)48-32-39-58-56(40-48)55-19-9-10-21-57(55)60(58)49-16-5-2-6-17-49/h1-40H. The number of nitrogens with zero attached hydrogens (tertiary/aromatic N) is 2. The Morgan fingerprint density at radius 2 is 0.700 bits per heavy atom. The maximum absolute atomic E-state index is 2.37. The fraction of sp³-hybridized carbons (Fsp3) is 0. The predicted octanol–water partition coefficient (Wildman–Crippen LogP) is 16.1. The molecule has 2 nitrogen and oxygen atoms in total. The molecule has 0 radical (unpaired) electrons. The van der Waals surface area contributed by atoms with Crippen molar-refractivity contribution in [2.75, 3.05) is 4.90 Å². The summed E-state index contributed by atoms with van der Waals surface area (Å²) < 4.78 is 2.37. The number of aromatic nitrogens is 1. The SMILES string of the molecule is c1ccc(-c2ccc(-c3ccc(N(c4ccc(-c5ccc6c(c5)c5ccccc5n6-c5ccccc5)cc4)c4ccc(-c5cccc6ccccc56)cc4)cc3)cc2)cc1. The maximum atomic E-state index is 2.37. The quantitative estimate of drug-likeness (QED) is 0.150. The fourth-order valence-electron chi connectivity index (χ4n) is 8.81. The molecule has 0 aliphatic rings. The minimum Gasteiger partial charge on any atom is -0.311 e. The van der Waals surface area contributed by atoms with E-state index in [0.717, 1.165) is 17.1 Å². The highest BCUT2D eigenvalue weighted by Gasteiger charge is 2.16. The van der Waals surface area contributed by atoms with Crippen LogP contribution in [0.2, 0.25) is 0 Å². The molecule has 0 saturated carbocycles. The van der Waals surface area contributed by atoms with Crippen LogP contribution in [0.4, 0.5) is 17.1 Å². The zero-order chi connectivity index (χ0) is 39.8. The molecule has 11 rings (SSSR count). The first kappa shape index (κ1) is 35.2. The van der Waals surface area contributed by atoms with Crippen molar-refractivity contribution >= 4 is 49.6 Å². The first-order valence-corrected chi connectivity index (χ1v) is 20.6. The summed E-state index contributed by atoms with van der Waals surface area (Å²) in [7, 11) is 0. The summed E-state index contributed by atoms with van der Waals surface area (Å²) in [5.41, 5.74) is 16.5. The Labute approximate surface area is 350 Å². The molecule has 2 heteroatoms. The Bertz CT molecular complexity index is 3250. The third-order valence-corrected chi connectivity index (χ3v) is 11.8. The van der Waals surface area contributed by atoms with Crippen molar-refractivity contribution < 1.29 is 0 Å². The molecular weight excluding hydrogens is 725 g/mol. The van der Waals surface area contributed by atoms with E-state index >= 15 is 0 Å². The van der Waals surface area contributed by atoms with Gasteiger partial charge in [0.2, 0.25) is 0 Å². The van der Waals surface area contributed by atoms with Crippen molar-refractivity contribution in [2.45, 2.75) is 0 Å². The molecule has 0 fully saturated rings.